The van der Waals surface area contributed by atoms with E-state index in [4.69, 9.17) is 9.47 Å². The van der Waals surface area contributed by atoms with Crippen LogP contribution < -0.4 is 0 Å². The van der Waals surface area contributed by atoms with Crippen LogP contribution in [0.3, 0.4) is 0 Å². The molecule has 1 unspecified atom stereocenters. The van der Waals surface area contributed by atoms with E-state index < -0.39 is 11.9 Å². The number of unbranched alkanes of at least 4 members (excludes halogenated alkanes) is 8. The second-order valence-electron chi connectivity index (χ2n) is 13.4. The highest BCUT2D eigenvalue weighted by Crippen LogP contribution is 2.40. The van der Waals surface area contributed by atoms with Crippen LogP contribution in [0.5, 0.6) is 11.5 Å². The second-order valence-corrected chi connectivity index (χ2v) is 13.4. The number of phenols is 2. The maximum Gasteiger partial charge on any atom is 0.340 e. The minimum absolute atomic E-state index is 0.00442. The number of carbonyl (C=O) groups is 2. The lowest BCUT2D eigenvalue weighted by molar-refractivity contribution is 0.0428. The molecule has 0 bridgehead atoms. The summed E-state index contributed by atoms with van der Waals surface area (Å²) in [5.74, 6) is -0.615. The fourth-order valence-electron chi connectivity index (χ4n) is 5.52. The average Bonchev–Trinajstić information content (AvgIpc) is 3.13. The summed E-state index contributed by atoms with van der Waals surface area (Å²) < 4.78 is 11.1. The molecule has 0 spiro atoms. The van der Waals surface area contributed by atoms with Gasteiger partial charge in [0, 0.05) is 12.1 Å². The van der Waals surface area contributed by atoms with Crippen molar-refractivity contribution in [2.75, 3.05) is 13.2 Å². The van der Waals surface area contributed by atoms with E-state index >= 15 is 0 Å². The van der Waals surface area contributed by atoms with E-state index in [1.54, 1.807) is 48.5 Å². The third-order valence-corrected chi connectivity index (χ3v) is 8.75. The second kappa shape index (κ2) is 23.0. The number of hydrogen-bond donors (Lipinski definition) is 2. The molecular formula is C41H56N4O6. The minimum atomic E-state index is -0.501. The highest BCUT2D eigenvalue weighted by molar-refractivity contribution is 5.95. The predicted molar refractivity (Wildman–Crippen MR) is 201 cm³/mol. The van der Waals surface area contributed by atoms with Gasteiger partial charge in [-0.05, 0) is 48.9 Å². The molecule has 10 heteroatoms. The number of aromatic hydroxyl groups is 2. The smallest absolute Gasteiger partial charge is 0.340 e. The number of hydrogen-bond acceptors (Lipinski definition) is 10. The number of nitrogens with zero attached hydrogens (tertiary/aromatic N) is 4. The minimum Gasteiger partial charge on any atom is -0.505 e. The fraction of sp³-hybridized carbons (Fsp3) is 0.512. The van der Waals surface area contributed by atoms with E-state index in [9.17, 15) is 19.8 Å². The first-order valence-corrected chi connectivity index (χ1v) is 18.6. The van der Waals surface area contributed by atoms with E-state index in [0.29, 0.717) is 19.1 Å². The number of phenolic OH excluding ortho intramolecular Hbond substituents is 2. The normalized spacial score (nSPS) is 12.2. The van der Waals surface area contributed by atoms with Crippen LogP contribution in [0.15, 0.2) is 81.1 Å². The van der Waals surface area contributed by atoms with Crippen LogP contribution in [0, 0.1) is 11.8 Å². The van der Waals surface area contributed by atoms with E-state index in [1.807, 2.05) is 0 Å². The van der Waals surface area contributed by atoms with Crippen LogP contribution >= 0.6 is 0 Å². The number of ether oxygens (including phenoxy) is 2. The summed E-state index contributed by atoms with van der Waals surface area (Å²) in [7, 11) is 0. The monoisotopic (exact) mass is 700 g/mol. The molecule has 0 aliphatic rings. The van der Waals surface area contributed by atoms with Crippen LogP contribution in [0.25, 0.3) is 0 Å². The first-order valence-electron chi connectivity index (χ1n) is 18.6. The summed E-state index contributed by atoms with van der Waals surface area (Å²) in [5.41, 5.74) is 1.02. The lowest BCUT2D eigenvalue weighted by Crippen LogP contribution is -2.14. The highest BCUT2D eigenvalue weighted by atomic mass is 16.5. The lowest BCUT2D eigenvalue weighted by Gasteiger charge is -2.15. The van der Waals surface area contributed by atoms with E-state index in [0.717, 1.165) is 56.9 Å². The quantitative estimate of drug-likeness (QED) is 0.0572. The van der Waals surface area contributed by atoms with Crippen molar-refractivity contribution in [2.24, 2.45) is 32.3 Å². The standard InChI is InChI=1S/C41H56N4O6/c1-5-7-21-31(6-2)29-51-41(49)33-23-16-18-25-35(33)43-45-37-27-36(38(46)28-39(37)47)44-42-34-24-17-15-22-32(34)40(48)50-26-19-13-11-9-8-10-12-14-20-30(3)4/h15-18,22-25,27-28,30-31,46-47H,5-14,19-21,26,29H2,1-4H3/b44-42+,45-43+. The molecule has 0 amide bonds. The summed E-state index contributed by atoms with van der Waals surface area (Å²) in [4.78, 5) is 25.8. The molecule has 10 nitrogen and oxygen atoms in total. The Morgan fingerprint density at radius 3 is 1.63 bits per heavy atom. The molecule has 0 fully saturated rings. The SMILES string of the molecule is CCCCC(CC)COC(=O)c1ccccc1/N=N/c1cc(/N=N/c2ccccc2C(=O)OCCCCCCCCCCC(C)C)c(O)cc1O. The summed E-state index contributed by atoms with van der Waals surface area (Å²) >= 11 is 0. The maximum absolute atomic E-state index is 12.9. The van der Waals surface area contributed by atoms with Gasteiger partial charge in [0.05, 0.1) is 24.3 Å². The lowest BCUT2D eigenvalue weighted by atomic mass is 10.0. The third kappa shape index (κ3) is 14.7. The molecule has 2 N–H and O–H groups in total. The Morgan fingerprint density at radius 1 is 0.608 bits per heavy atom. The highest BCUT2D eigenvalue weighted by Gasteiger charge is 2.17. The van der Waals surface area contributed by atoms with Gasteiger partial charge in [0.2, 0.25) is 0 Å². The van der Waals surface area contributed by atoms with Crippen molar-refractivity contribution in [1.82, 2.24) is 0 Å². The summed E-state index contributed by atoms with van der Waals surface area (Å²) in [5, 5.41) is 37.7. The molecule has 0 heterocycles. The van der Waals surface area contributed by atoms with Crippen molar-refractivity contribution < 1.29 is 29.3 Å². The fourth-order valence-corrected chi connectivity index (χ4v) is 5.52. The van der Waals surface area contributed by atoms with Gasteiger partial charge in [0.25, 0.3) is 0 Å². The Labute approximate surface area is 303 Å². The molecule has 0 saturated carbocycles. The van der Waals surface area contributed by atoms with Crippen molar-refractivity contribution in [3.05, 3.63) is 71.8 Å². The van der Waals surface area contributed by atoms with Crippen molar-refractivity contribution in [3.63, 3.8) is 0 Å². The Hall–Kier alpha value is -4.60. The van der Waals surface area contributed by atoms with Gasteiger partial charge in [-0.1, -0.05) is 123 Å². The van der Waals surface area contributed by atoms with Crippen LogP contribution in [-0.2, 0) is 9.47 Å². The Bertz CT molecular complexity index is 1570. The van der Waals surface area contributed by atoms with Crippen LogP contribution in [0.1, 0.15) is 132 Å². The van der Waals surface area contributed by atoms with Gasteiger partial charge in [0.15, 0.2) is 0 Å². The Balaban J connectivity index is 1.60. The van der Waals surface area contributed by atoms with Crippen LogP contribution in [0.2, 0.25) is 0 Å². The van der Waals surface area contributed by atoms with Gasteiger partial charge >= 0.3 is 11.9 Å². The van der Waals surface area contributed by atoms with Gasteiger partial charge < -0.3 is 19.7 Å². The van der Waals surface area contributed by atoms with Gasteiger partial charge in [0.1, 0.15) is 34.2 Å². The molecule has 0 aliphatic carbocycles. The predicted octanol–water partition coefficient (Wildman–Crippen LogP) is 12.6. The molecule has 3 rings (SSSR count). The van der Waals surface area contributed by atoms with Crippen molar-refractivity contribution in [3.8, 4) is 11.5 Å². The first kappa shape index (κ1) is 40.8. The molecule has 3 aromatic rings. The molecule has 0 aliphatic heterocycles. The number of benzene rings is 3. The van der Waals surface area contributed by atoms with Gasteiger partial charge in [-0.15, -0.1) is 20.5 Å². The Kier molecular flexibility index (Phi) is 18.4. The van der Waals surface area contributed by atoms with Crippen LogP contribution in [0.4, 0.5) is 22.7 Å². The van der Waals surface area contributed by atoms with Crippen LogP contribution in [-0.4, -0.2) is 35.4 Å². The van der Waals surface area contributed by atoms with Gasteiger partial charge in [-0.25, -0.2) is 9.59 Å². The topological polar surface area (TPSA) is 142 Å². The average molecular weight is 701 g/mol. The van der Waals surface area contributed by atoms with Gasteiger partial charge in [-0.2, -0.15) is 0 Å². The number of esters is 2. The molecule has 1 atom stereocenters. The molecule has 3 aromatic carbocycles. The summed E-state index contributed by atoms with van der Waals surface area (Å²) in [6.07, 6.45) is 14.7. The van der Waals surface area contributed by atoms with Crippen molar-refractivity contribution in [1.29, 1.82) is 0 Å². The zero-order valence-electron chi connectivity index (χ0n) is 30.9. The first-order chi connectivity index (χ1) is 24.7. The largest absolute Gasteiger partial charge is 0.505 e. The van der Waals surface area contributed by atoms with Gasteiger partial charge in [-0.3, -0.25) is 0 Å². The molecule has 276 valence electrons. The van der Waals surface area contributed by atoms with Crippen molar-refractivity contribution >= 4 is 34.7 Å². The van der Waals surface area contributed by atoms with E-state index in [1.165, 1.54) is 44.6 Å². The zero-order chi connectivity index (χ0) is 36.8. The van der Waals surface area contributed by atoms with Crippen molar-refractivity contribution in [2.45, 2.75) is 111 Å². The number of azo groups is 2. The third-order valence-electron chi connectivity index (χ3n) is 8.75. The number of rotatable bonds is 23. The summed E-state index contributed by atoms with van der Waals surface area (Å²) in [6, 6.07) is 15.7. The zero-order valence-corrected chi connectivity index (χ0v) is 30.9. The molecule has 0 radical (unpaired) electrons. The Morgan fingerprint density at radius 2 is 1.10 bits per heavy atom. The molecule has 51 heavy (non-hydrogen) atoms. The summed E-state index contributed by atoms with van der Waals surface area (Å²) in [6.45, 7) is 9.41. The van der Waals surface area contributed by atoms with E-state index in [2.05, 4.69) is 48.2 Å². The molecule has 0 saturated heterocycles. The maximum atomic E-state index is 12.9. The number of carbonyl (C=O) groups excluding carboxylic acids is 2. The molecular weight excluding hydrogens is 644 g/mol. The van der Waals surface area contributed by atoms with E-state index in [-0.39, 0.29) is 45.4 Å². The molecule has 0 aromatic heterocycles.